The van der Waals surface area contributed by atoms with Crippen LogP contribution in [0.2, 0.25) is 10.0 Å². The Hall–Kier alpha value is -1.60. The van der Waals surface area contributed by atoms with E-state index in [-0.39, 0.29) is 11.7 Å². The van der Waals surface area contributed by atoms with Crippen LogP contribution in [0.25, 0.3) is 10.6 Å². The molecule has 0 fully saturated rings. The van der Waals surface area contributed by atoms with E-state index in [0.29, 0.717) is 20.2 Å². The van der Waals surface area contributed by atoms with Crippen LogP contribution >= 0.6 is 46.3 Å². The lowest BCUT2D eigenvalue weighted by Crippen LogP contribution is -2.13. The number of carbonyl (C=O) groups excluding carboxylic acids is 1. The van der Waals surface area contributed by atoms with Gasteiger partial charge in [-0.2, -0.15) is 0 Å². The van der Waals surface area contributed by atoms with Crippen LogP contribution in [0, 0.1) is 0 Å². The standard InChI is InChI=1S/C16H11Cl2N3OS2/c17-10-5-7-11(8-6-10)23-9-14(22)19-16-21-20-15(24-16)12-3-1-2-4-13(12)18/h1-8H,9H2,(H,19,21,22). The summed E-state index contributed by atoms with van der Waals surface area (Å²) in [6.45, 7) is 0. The van der Waals surface area contributed by atoms with Gasteiger partial charge in [-0.1, -0.05) is 52.7 Å². The van der Waals surface area contributed by atoms with E-state index in [1.807, 2.05) is 30.3 Å². The normalized spacial score (nSPS) is 10.6. The molecule has 1 N–H and O–H groups in total. The maximum Gasteiger partial charge on any atom is 0.236 e. The highest BCUT2D eigenvalue weighted by Gasteiger charge is 2.12. The molecule has 0 aliphatic carbocycles. The summed E-state index contributed by atoms with van der Waals surface area (Å²) in [6, 6.07) is 14.7. The molecule has 24 heavy (non-hydrogen) atoms. The number of amides is 1. The third-order valence-corrected chi connectivity index (χ3v) is 5.42. The van der Waals surface area contributed by atoms with Crippen molar-refractivity contribution in [3.63, 3.8) is 0 Å². The molecule has 3 aromatic rings. The zero-order valence-corrected chi connectivity index (χ0v) is 15.3. The van der Waals surface area contributed by atoms with E-state index in [1.165, 1.54) is 23.1 Å². The summed E-state index contributed by atoms with van der Waals surface area (Å²) < 4.78 is 0. The van der Waals surface area contributed by atoms with Gasteiger partial charge < -0.3 is 0 Å². The smallest absolute Gasteiger partial charge is 0.236 e. The Labute approximate surface area is 157 Å². The van der Waals surface area contributed by atoms with E-state index in [1.54, 1.807) is 18.2 Å². The number of thioether (sulfide) groups is 1. The van der Waals surface area contributed by atoms with Crippen LogP contribution in [0.4, 0.5) is 5.13 Å². The Morgan fingerprint density at radius 1 is 1.08 bits per heavy atom. The molecule has 0 bridgehead atoms. The van der Waals surface area contributed by atoms with Crippen molar-refractivity contribution in [2.45, 2.75) is 4.90 Å². The molecule has 8 heteroatoms. The van der Waals surface area contributed by atoms with Gasteiger partial charge in [-0.3, -0.25) is 10.1 Å². The van der Waals surface area contributed by atoms with Crippen molar-refractivity contribution in [1.82, 2.24) is 10.2 Å². The van der Waals surface area contributed by atoms with Crippen LogP contribution < -0.4 is 5.32 Å². The molecule has 4 nitrogen and oxygen atoms in total. The van der Waals surface area contributed by atoms with Crippen LogP contribution in [-0.2, 0) is 4.79 Å². The highest BCUT2D eigenvalue weighted by molar-refractivity contribution is 8.00. The number of nitrogens with one attached hydrogen (secondary N) is 1. The van der Waals surface area contributed by atoms with Gasteiger partial charge in [0.25, 0.3) is 0 Å². The molecule has 122 valence electrons. The summed E-state index contributed by atoms with van der Waals surface area (Å²) in [5.74, 6) is 0.139. The number of aromatic nitrogens is 2. The van der Waals surface area contributed by atoms with Crippen molar-refractivity contribution < 1.29 is 4.79 Å². The molecule has 0 saturated heterocycles. The molecule has 1 heterocycles. The van der Waals surface area contributed by atoms with Gasteiger partial charge in [-0.25, -0.2) is 0 Å². The SMILES string of the molecule is O=C(CSc1ccc(Cl)cc1)Nc1nnc(-c2ccccc2Cl)s1. The summed E-state index contributed by atoms with van der Waals surface area (Å²) in [6.07, 6.45) is 0. The third-order valence-electron chi connectivity index (χ3n) is 2.96. The molecule has 2 aromatic carbocycles. The van der Waals surface area contributed by atoms with Crippen molar-refractivity contribution in [3.05, 3.63) is 58.6 Å². The molecule has 0 unspecified atom stereocenters. The molecule has 0 aliphatic heterocycles. The number of hydrogen-bond acceptors (Lipinski definition) is 5. The largest absolute Gasteiger partial charge is 0.300 e. The molecular weight excluding hydrogens is 385 g/mol. The third kappa shape index (κ3) is 4.48. The zero-order valence-electron chi connectivity index (χ0n) is 12.2. The average molecular weight is 396 g/mol. The molecule has 0 radical (unpaired) electrons. The van der Waals surface area contributed by atoms with E-state index >= 15 is 0 Å². The molecular formula is C16H11Cl2N3OS2. The number of anilines is 1. The van der Waals surface area contributed by atoms with Crippen molar-refractivity contribution in [2.24, 2.45) is 0 Å². The highest BCUT2D eigenvalue weighted by Crippen LogP contribution is 2.31. The van der Waals surface area contributed by atoms with Crippen molar-refractivity contribution in [2.75, 3.05) is 11.1 Å². The second-order valence-corrected chi connectivity index (χ2v) is 7.55. The molecule has 0 atom stereocenters. The average Bonchev–Trinajstić information content (AvgIpc) is 3.03. The van der Waals surface area contributed by atoms with Gasteiger partial charge in [0.1, 0.15) is 0 Å². The van der Waals surface area contributed by atoms with Gasteiger partial charge >= 0.3 is 0 Å². The lowest BCUT2D eigenvalue weighted by molar-refractivity contribution is -0.113. The predicted octanol–water partition coefficient (Wildman–Crippen LogP) is 5.24. The quantitative estimate of drug-likeness (QED) is 0.599. The van der Waals surface area contributed by atoms with Gasteiger partial charge in [0.2, 0.25) is 11.0 Å². The van der Waals surface area contributed by atoms with Crippen LogP contribution in [-0.4, -0.2) is 21.9 Å². The minimum Gasteiger partial charge on any atom is -0.300 e. The maximum atomic E-state index is 12.0. The molecule has 0 spiro atoms. The summed E-state index contributed by atoms with van der Waals surface area (Å²) in [5.41, 5.74) is 0.799. The Bertz CT molecular complexity index is 853. The molecule has 3 rings (SSSR count). The lowest BCUT2D eigenvalue weighted by atomic mass is 10.2. The lowest BCUT2D eigenvalue weighted by Gasteiger charge is -2.02. The second-order valence-electron chi connectivity index (χ2n) is 4.68. The molecule has 1 aromatic heterocycles. The molecule has 0 aliphatic rings. The monoisotopic (exact) mass is 395 g/mol. The highest BCUT2D eigenvalue weighted by atomic mass is 35.5. The first kappa shape index (κ1) is 17.2. The summed E-state index contributed by atoms with van der Waals surface area (Å²) in [5, 5.41) is 13.2. The van der Waals surface area contributed by atoms with Gasteiger partial charge in [-0.05, 0) is 30.3 Å². The first-order valence-corrected chi connectivity index (χ1v) is 9.44. The van der Waals surface area contributed by atoms with Crippen LogP contribution in [0.3, 0.4) is 0 Å². The summed E-state index contributed by atoms with van der Waals surface area (Å²) in [7, 11) is 0. The van der Waals surface area contributed by atoms with Crippen molar-refractivity contribution in [1.29, 1.82) is 0 Å². The Balaban J connectivity index is 1.59. The Morgan fingerprint density at radius 2 is 1.83 bits per heavy atom. The number of rotatable bonds is 5. The van der Waals surface area contributed by atoms with E-state index in [9.17, 15) is 4.79 Å². The van der Waals surface area contributed by atoms with Gasteiger partial charge in [-0.15, -0.1) is 22.0 Å². The van der Waals surface area contributed by atoms with Crippen LogP contribution in [0.1, 0.15) is 0 Å². The summed E-state index contributed by atoms with van der Waals surface area (Å²) >= 11 is 14.7. The fourth-order valence-corrected chi connectivity index (χ4v) is 3.76. The first-order chi connectivity index (χ1) is 11.6. The van der Waals surface area contributed by atoms with E-state index in [2.05, 4.69) is 15.5 Å². The maximum absolute atomic E-state index is 12.0. The van der Waals surface area contributed by atoms with Crippen molar-refractivity contribution >= 4 is 57.3 Å². The van der Waals surface area contributed by atoms with Crippen LogP contribution in [0.5, 0.6) is 0 Å². The number of benzene rings is 2. The molecule has 1 amide bonds. The van der Waals surface area contributed by atoms with Crippen molar-refractivity contribution in [3.8, 4) is 10.6 Å². The zero-order chi connectivity index (χ0) is 16.9. The minimum atomic E-state index is -0.142. The second kappa shape index (κ2) is 7.98. The topological polar surface area (TPSA) is 54.9 Å². The fourth-order valence-electron chi connectivity index (χ4n) is 1.85. The summed E-state index contributed by atoms with van der Waals surface area (Å²) in [4.78, 5) is 13.0. The van der Waals surface area contributed by atoms with Gasteiger partial charge in [0.15, 0.2) is 5.01 Å². The van der Waals surface area contributed by atoms with E-state index < -0.39 is 0 Å². The van der Waals surface area contributed by atoms with Crippen LogP contribution in [0.15, 0.2) is 53.4 Å². The number of halogens is 2. The Morgan fingerprint density at radius 3 is 2.58 bits per heavy atom. The first-order valence-electron chi connectivity index (χ1n) is 6.88. The Kier molecular flexibility index (Phi) is 5.73. The fraction of sp³-hybridized carbons (Fsp3) is 0.0625. The predicted molar refractivity (Wildman–Crippen MR) is 101 cm³/mol. The van der Waals surface area contributed by atoms with E-state index in [0.717, 1.165) is 10.5 Å². The number of nitrogens with zero attached hydrogens (tertiary/aromatic N) is 2. The van der Waals surface area contributed by atoms with Gasteiger partial charge in [0, 0.05) is 15.5 Å². The number of carbonyl (C=O) groups is 1. The van der Waals surface area contributed by atoms with E-state index in [4.69, 9.17) is 23.2 Å². The van der Waals surface area contributed by atoms with Gasteiger partial charge in [0.05, 0.1) is 10.8 Å². The number of hydrogen-bond donors (Lipinski definition) is 1. The molecule has 0 saturated carbocycles. The minimum absolute atomic E-state index is 0.142.